The number of aryl methyl sites for hydroxylation is 1. The summed E-state index contributed by atoms with van der Waals surface area (Å²) in [4.78, 5) is 17.5. The van der Waals surface area contributed by atoms with Gasteiger partial charge in [0.1, 0.15) is 0 Å². The fourth-order valence-corrected chi connectivity index (χ4v) is 6.38. The average Bonchev–Trinajstić information content (AvgIpc) is 3.29. The van der Waals surface area contributed by atoms with Crippen LogP contribution in [0.2, 0.25) is 0 Å². The van der Waals surface area contributed by atoms with E-state index >= 15 is 0 Å². The minimum atomic E-state index is -3.73. The van der Waals surface area contributed by atoms with Gasteiger partial charge in [-0.15, -0.1) is 0 Å². The highest BCUT2D eigenvalue weighted by atomic mass is 32.2. The standard InChI is InChI=1S/C27H29N3O3S/c1-21-6-4-7-22(18-21)20-28-14-16-29(17-15-28)27(31)24-9-5-10-25(19-24)34(32,33)30-13-12-23-8-2-3-11-26(23)30/h2-11,18-19H,12-17,20H2,1H3. The molecule has 0 unspecified atom stereocenters. The molecular weight excluding hydrogens is 446 g/mol. The fraction of sp³-hybridized carbons (Fsp3) is 0.296. The second-order valence-corrected chi connectivity index (χ2v) is 10.9. The minimum absolute atomic E-state index is 0.117. The first-order valence-corrected chi connectivity index (χ1v) is 13.1. The highest BCUT2D eigenvalue weighted by Crippen LogP contribution is 2.32. The third-order valence-electron chi connectivity index (χ3n) is 6.66. The molecule has 0 bridgehead atoms. The van der Waals surface area contributed by atoms with Crippen molar-refractivity contribution in [1.82, 2.24) is 9.80 Å². The van der Waals surface area contributed by atoms with Gasteiger partial charge in [-0.1, -0.05) is 54.1 Å². The van der Waals surface area contributed by atoms with Crippen molar-refractivity contribution in [1.29, 1.82) is 0 Å². The molecule has 0 atom stereocenters. The van der Waals surface area contributed by atoms with E-state index in [1.54, 1.807) is 18.2 Å². The van der Waals surface area contributed by atoms with E-state index < -0.39 is 10.0 Å². The number of piperazine rings is 1. The van der Waals surface area contributed by atoms with Gasteiger partial charge in [0.05, 0.1) is 10.6 Å². The van der Waals surface area contributed by atoms with Crippen molar-refractivity contribution in [2.45, 2.75) is 24.8 Å². The second-order valence-electron chi connectivity index (χ2n) is 9.04. The Kier molecular flexibility index (Phi) is 6.15. The van der Waals surface area contributed by atoms with Gasteiger partial charge in [0.2, 0.25) is 0 Å². The summed E-state index contributed by atoms with van der Waals surface area (Å²) in [6.45, 7) is 6.22. The number of nitrogens with zero attached hydrogens (tertiary/aromatic N) is 3. The summed E-state index contributed by atoms with van der Waals surface area (Å²) in [5.41, 5.74) is 4.70. The van der Waals surface area contributed by atoms with E-state index in [0.29, 0.717) is 31.6 Å². The molecule has 34 heavy (non-hydrogen) atoms. The molecule has 1 fully saturated rings. The molecular formula is C27H29N3O3S. The van der Waals surface area contributed by atoms with Crippen molar-refractivity contribution in [3.63, 3.8) is 0 Å². The van der Waals surface area contributed by atoms with Crippen molar-refractivity contribution in [3.05, 3.63) is 95.1 Å². The van der Waals surface area contributed by atoms with Crippen LogP contribution in [0.25, 0.3) is 0 Å². The number of hydrogen-bond acceptors (Lipinski definition) is 4. The Bertz CT molecular complexity index is 1310. The van der Waals surface area contributed by atoms with Crippen LogP contribution < -0.4 is 4.31 Å². The van der Waals surface area contributed by atoms with Gasteiger partial charge >= 0.3 is 0 Å². The molecule has 1 amide bonds. The molecule has 7 heteroatoms. The molecule has 3 aromatic rings. The zero-order valence-corrected chi connectivity index (χ0v) is 20.2. The van der Waals surface area contributed by atoms with Gasteiger partial charge in [-0.2, -0.15) is 0 Å². The summed E-state index contributed by atoms with van der Waals surface area (Å²) in [6.07, 6.45) is 0.695. The summed E-state index contributed by atoms with van der Waals surface area (Å²) in [5, 5.41) is 0. The van der Waals surface area contributed by atoms with E-state index in [1.165, 1.54) is 21.5 Å². The number of para-hydroxylation sites is 1. The number of carbonyl (C=O) groups is 1. The van der Waals surface area contributed by atoms with Crippen molar-refractivity contribution >= 4 is 21.6 Å². The van der Waals surface area contributed by atoms with Crippen LogP contribution in [0.15, 0.2) is 77.7 Å². The third-order valence-corrected chi connectivity index (χ3v) is 8.47. The fourth-order valence-electron chi connectivity index (χ4n) is 4.83. The van der Waals surface area contributed by atoms with Gasteiger partial charge < -0.3 is 4.90 Å². The van der Waals surface area contributed by atoms with Crippen molar-refractivity contribution in [3.8, 4) is 0 Å². The Labute approximate surface area is 201 Å². The molecule has 3 aromatic carbocycles. The summed E-state index contributed by atoms with van der Waals surface area (Å²) < 4.78 is 28.2. The number of carbonyl (C=O) groups excluding carboxylic acids is 1. The average molecular weight is 476 g/mol. The second kappa shape index (κ2) is 9.24. The van der Waals surface area contributed by atoms with E-state index in [2.05, 4.69) is 36.1 Å². The van der Waals surface area contributed by atoms with E-state index in [0.717, 1.165) is 30.9 Å². The maximum absolute atomic E-state index is 13.4. The van der Waals surface area contributed by atoms with Crippen LogP contribution in [0.3, 0.4) is 0 Å². The van der Waals surface area contributed by atoms with Gasteiger partial charge in [0.15, 0.2) is 0 Å². The van der Waals surface area contributed by atoms with Crippen LogP contribution in [0, 0.1) is 6.92 Å². The number of amides is 1. The molecule has 0 aromatic heterocycles. The molecule has 2 aliphatic rings. The largest absolute Gasteiger partial charge is 0.336 e. The lowest BCUT2D eigenvalue weighted by Crippen LogP contribution is -2.48. The maximum Gasteiger partial charge on any atom is 0.264 e. The monoisotopic (exact) mass is 475 g/mol. The van der Waals surface area contributed by atoms with Crippen LogP contribution in [0.1, 0.15) is 27.0 Å². The van der Waals surface area contributed by atoms with E-state index in [1.807, 2.05) is 29.2 Å². The Morgan fingerprint density at radius 1 is 0.853 bits per heavy atom. The molecule has 0 aliphatic carbocycles. The predicted molar refractivity (Wildman–Crippen MR) is 133 cm³/mol. The number of rotatable bonds is 5. The number of hydrogen-bond donors (Lipinski definition) is 0. The molecule has 0 N–H and O–H groups in total. The highest BCUT2D eigenvalue weighted by molar-refractivity contribution is 7.92. The Morgan fingerprint density at radius 2 is 1.62 bits per heavy atom. The van der Waals surface area contributed by atoms with Gasteiger partial charge in [0.25, 0.3) is 15.9 Å². The van der Waals surface area contributed by atoms with Gasteiger partial charge in [-0.25, -0.2) is 8.42 Å². The van der Waals surface area contributed by atoms with Gasteiger partial charge in [-0.3, -0.25) is 14.0 Å². The summed E-state index contributed by atoms with van der Waals surface area (Å²) >= 11 is 0. The molecule has 0 saturated carbocycles. The highest BCUT2D eigenvalue weighted by Gasteiger charge is 2.31. The van der Waals surface area contributed by atoms with E-state index in [9.17, 15) is 13.2 Å². The first-order valence-electron chi connectivity index (χ1n) is 11.7. The normalized spacial score (nSPS) is 16.5. The molecule has 176 valence electrons. The maximum atomic E-state index is 13.4. The number of benzene rings is 3. The lowest BCUT2D eigenvalue weighted by Gasteiger charge is -2.35. The number of anilines is 1. The Morgan fingerprint density at radius 3 is 2.41 bits per heavy atom. The van der Waals surface area contributed by atoms with E-state index in [-0.39, 0.29) is 10.8 Å². The smallest absolute Gasteiger partial charge is 0.264 e. The van der Waals surface area contributed by atoms with Crippen LogP contribution in [0.5, 0.6) is 0 Å². The third kappa shape index (κ3) is 4.45. The van der Waals surface area contributed by atoms with Gasteiger partial charge in [-0.05, 0) is 48.7 Å². The number of fused-ring (bicyclic) bond motifs is 1. The summed E-state index contributed by atoms with van der Waals surface area (Å²) in [7, 11) is -3.73. The quantitative estimate of drug-likeness (QED) is 0.565. The molecule has 2 aliphatic heterocycles. The van der Waals surface area contributed by atoms with Crippen molar-refractivity contribution in [2.24, 2.45) is 0 Å². The minimum Gasteiger partial charge on any atom is -0.336 e. The van der Waals surface area contributed by atoms with Crippen LogP contribution in [0.4, 0.5) is 5.69 Å². The van der Waals surface area contributed by atoms with Crippen molar-refractivity contribution < 1.29 is 13.2 Å². The summed E-state index contributed by atoms with van der Waals surface area (Å²) in [6, 6.07) is 22.5. The lowest BCUT2D eigenvalue weighted by molar-refractivity contribution is 0.0628. The molecule has 0 radical (unpaired) electrons. The molecule has 5 rings (SSSR count). The predicted octanol–water partition coefficient (Wildman–Crippen LogP) is 3.70. The first-order chi connectivity index (χ1) is 16.4. The zero-order chi connectivity index (χ0) is 23.7. The van der Waals surface area contributed by atoms with Crippen LogP contribution in [-0.2, 0) is 23.0 Å². The topological polar surface area (TPSA) is 60.9 Å². The van der Waals surface area contributed by atoms with Crippen molar-refractivity contribution in [2.75, 3.05) is 37.0 Å². The Balaban J connectivity index is 1.27. The molecule has 1 saturated heterocycles. The molecule has 6 nitrogen and oxygen atoms in total. The van der Waals surface area contributed by atoms with E-state index in [4.69, 9.17) is 0 Å². The Hall–Kier alpha value is -3.16. The first kappa shape index (κ1) is 22.6. The van der Waals surface area contributed by atoms with Gasteiger partial charge in [0, 0.05) is 44.8 Å². The van der Waals surface area contributed by atoms with Crippen LogP contribution >= 0.6 is 0 Å². The lowest BCUT2D eigenvalue weighted by atomic mass is 10.1. The summed E-state index contributed by atoms with van der Waals surface area (Å²) in [5.74, 6) is -0.117. The molecule has 0 spiro atoms. The SMILES string of the molecule is Cc1cccc(CN2CCN(C(=O)c3cccc(S(=O)(=O)N4CCc5ccccc54)c3)CC2)c1. The zero-order valence-electron chi connectivity index (χ0n) is 19.4. The molecule has 2 heterocycles. The van der Waals surface area contributed by atoms with Crippen LogP contribution in [-0.4, -0.2) is 56.8 Å². The number of sulfonamides is 1.